The van der Waals surface area contributed by atoms with Gasteiger partial charge in [-0.1, -0.05) is 38.1 Å². The van der Waals surface area contributed by atoms with Gasteiger partial charge in [-0.25, -0.2) is 0 Å². The molecule has 0 heterocycles. The Hall–Kier alpha value is -0.860. The van der Waals surface area contributed by atoms with E-state index >= 15 is 0 Å². The smallest absolute Gasteiger partial charge is 0.0761 e. The van der Waals surface area contributed by atoms with Crippen molar-refractivity contribution in [3.63, 3.8) is 0 Å². The van der Waals surface area contributed by atoms with E-state index in [4.69, 9.17) is 0 Å². The van der Waals surface area contributed by atoms with E-state index in [1.54, 1.807) is 0 Å². The van der Waals surface area contributed by atoms with Crippen LogP contribution >= 0.6 is 0 Å². The third-order valence-electron chi connectivity index (χ3n) is 4.32. The van der Waals surface area contributed by atoms with Crippen LogP contribution in [0.3, 0.4) is 0 Å². The van der Waals surface area contributed by atoms with Gasteiger partial charge in [-0.3, -0.25) is 0 Å². The summed E-state index contributed by atoms with van der Waals surface area (Å²) in [5, 5.41) is 10.5. The zero-order valence-corrected chi connectivity index (χ0v) is 12.4. The number of rotatable bonds is 6. The number of aliphatic hydroxyl groups excluding tert-OH is 1. The number of likely N-dealkylation sites (N-methyl/N-ethyl adjacent to an activating group) is 1. The molecule has 0 radical (unpaired) electrons. The van der Waals surface area contributed by atoms with Gasteiger partial charge in [0.25, 0.3) is 0 Å². The first-order valence-corrected chi connectivity index (χ1v) is 6.87. The second kappa shape index (κ2) is 6.35. The van der Waals surface area contributed by atoms with E-state index < -0.39 is 0 Å². The molecule has 0 amide bonds. The lowest BCUT2D eigenvalue weighted by molar-refractivity contribution is 0.00301. The SMILES string of the molecule is CCc1ccc(CC(O)C(C)(CC)N(C)C)cc1. The van der Waals surface area contributed by atoms with Crippen LogP contribution in [0, 0.1) is 0 Å². The number of nitrogens with zero attached hydrogens (tertiary/aromatic N) is 1. The van der Waals surface area contributed by atoms with Crippen molar-refractivity contribution in [3.8, 4) is 0 Å². The molecule has 0 saturated carbocycles. The number of hydrogen-bond donors (Lipinski definition) is 1. The molecule has 0 spiro atoms. The molecule has 0 aromatic heterocycles. The maximum atomic E-state index is 10.5. The molecule has 1 aromatic carbocycles. The van der Waals surface area contributed by atoms with E-state index in [-0.39, 0.29) is 11.6 Å². The van der Waals surface area contributed by atoms with Crippen molar-refractivity contribution in [2.45, 2.75) is 51.7 Å². The maximum Gasteiger partial charge on any atom is 0.0761 e. The first-order valence-electron chi connectivity index (χ1n) is 6.87. The van der Waals surface area contributed by atoms with Gasteiger partial charge in [-0.15, -0.1) is 0 Å². The summed E-state index contributed by atoms with van der Waals surface area (Å²) in [6.07, 6.45) is 2.37. The molecule has 0 aliphatic heterocycles. The van der Waals surface area contributed by atoms with Crippen molar-refractivity contribution in [3.05, 3.63) is 35.4 Å². The first kappa shape index (κ1) is 15.2. The highest BCUT2D eigenvalue weighted by Gasteiger charge is 2.33. The van der Waals surface area contributed by atoms with Crippen molar-refractivity contribution >= 4 is 0 Å². The Balaban J connectivity index is 2.76. The van der Waals surface area contributed by atoms with Gasteiger partial charge in [-0.2, -0.15) is 0 Å². The minimum Gasteiger partial charge on any atom is -0.391 e. The molecule has 0 aliphatic rings. The molecule has 2 atom stereocenters. The second-order valence-corrected chi connectivity index (χ2v) is 5.50. The third kappa shape index (κ3) is 3.33. The predicted octanol–water partition coefficient (Wildman–Crippen LogP) is 2.88. The van der Waals surface area contributed by atoms with Gasteiger partial charge >= 0.3 is 0 Å². The Kier molecular flexibility index (Phi) is 5.36. The van der Waals surface area contributed by atoms with Crippen LogP contribution in [-0.4, -0.2) is 35.7 Å². The zero-order valence-electron chi connectivity index (χ0n) is 12.4. The van der Waals surface area contributed by atoms with Gasteiger partial charge in [0.1, 0.15) is 0 Å². The third-order valence-corrected chi connectivity index (χ3v) is 4.32. The van der Waals surface area contributed by atoms with Gasteiger partial charge in [0, 0.05) is 12.0 Å². The molecular weight excluding hydrogens is 222 g/mol. The molecule has 2 nitrogen and oxygen atoms in total. The average Bonchev–Trinajstić information content (AvgIpc) is 2.38. The maximum absolute atomic E-state index is 10.5. The van der Waals surface area contributed by atoms with Gasteiger partial charge in [-0.05, 0) is 45.0 Å². The van der Waals surface area contributed by atoms with E-state index in [0.717, 1.165) is 12.8 Å². The Morgan fingerprint density at radius 3 is 2.00 bits per heavy atom. The summed E-state index contributed by atoms with van der Waals surface area (Å²) in [6, 6.07) is 8.57. The van der Waals surface area contributed by atoms with Crippen molar-refractivity contribution in [2.24, 2.45) is 0 Å². The number of benzene rings is 1. The Bertz CT molecular complexity index is 358. The summed E-state index contributed by atoms with van der Waals surface area (Å²) in [5.41, 5.74) is 2.39. The standard InChI is InChI=1S/C16H27NO/c1-6-13-8-10-14(11-9-13)12-15(18)16(3,7-2)17(4)5/h8-11,15,18H,6-7,12H2,1-5H3. The molecule has 1 aromatic rings. The first-order chi connectivity index (χ1) is 8.43. The molecule has 2 heteroatoms. The minimum absolute atomic E-state index is 0.163. The van der Waals surface area contributed by atoms with E-state index in [9.17, 15) is 5.11 Å². The fourth-order valence-corrected chi connectivity index (χ4v) is 2.20. The van der Waals surface area contributed by atoms with E-state index in [1.807, 2.05) is 14.1 Å². The van der Waals surface area contributed by atoms with Crippen LogP contribution < -0.4 is 0 Å². The Morgan fingerprint density at radius 2 is 1.61 bits per heavy atom. The van der Waals surface area contributed by atoms with E-state index in [1.165, 1.54) is 11.1 Å². The van der Waals surface area contributed by atoms with Crippen LogP contribution in [0.5, 0.6) is 0 Å². The number of aliphatic hydroxyl groups is 1. The predicted molar refractivity (Wildman–Crippen MR) is 77.9 cm³/mol. The molecular formula is C16H27NO. The molecule has 0 aliphatic carbocycles. The fraction of sp³-hybridized carbons (Fsp3) is 0.625. The molecule has 0 fully saturated rings. The summed E-state index contributed by atoms with van der Waals surface area (Å²) in [5.74, 6) is 0. The van der Waals surface area contributed by atoms with Crippen molar-refractivity contribution in [1.82, 2.24) is 4.90 Å². The Morgan fingerprint density at radius 1 is 1.11 bits per heavy atom. The highest BCUT2D eigenvalue weighted by atomic mass is 16.3. The van der Waals surface area contributed by atoms with Gasteiger partial charge in [0.05, 0.1) is 6.10 Å². The second-order valence-electron chi connectivity index (χ2n) is 5.50. The van der Waals surface area contributed by atoms with Crippen LogP contribution in [0.2, 0.25) is 0 Å². The van der Waals surface area contributed by atoms with Gasteiger partial charge in [0.2, 0.25) is 0 Å². The number of hydrogen-bond acceptors (Lipinski definition) is 2. The van der Waals surface area contributed by atoms with Crippen LogP contribution in [-0.2, 0) is 12.8 Å². The summed E-state index contributed by atoms with van der Waals surface area (Å²) < 4.78 is 0. The van der Waals surface area contributed by atoms with Gasteiger partial charge < -0.3 is 10.0 Å². The Labute approximate surface area is 112 Å². The van der Waals surface area contributed by atoms with Crippen LogP contribution in [0.4, 0.5) is 0 Å². The van der Waals surface area contributed by atoms with Crippen LogP contribution in [0.15, 0.2) is 24.3 Å². The summed E-state index contributed by atoms with van der Waals surface area (Å²) in [6.45, 7) is 6.41. The lowest BCUT2D eigenvalue weighted by Crippen LogP contribution is -2.51. The molecule has 0 bridgehead atoms. The fourth-order valence-electron chi connectivity index (χ4n) is 2.20. The largest absolute Gasteiger partial charge is 0.391 e. The molecule has 18 heavy (non-hydrogen) atoms. The quantitative estimate of drug-likeness (QED) is 0.838. The topological polar surface area (TPSA) is 23.5 Å². The highest BCUT2D eigenvalue weighted by molar-refractivity contribution is 5.23. The normalized spacial score (nSPS) is 16.6. The summed E-state index contributed by atoms with van der Waals surface area (Å²) in [7, 11) is 4.07. The molecule has 102 valence electrons. The summed E-state index contributed by atoms with van der Waals surface area (Å²) in [4.78, 5) is 2.12. The van der Waals surface area contributed by atoms with E-state index in [0.29, 0.717) is 6.42 Å². The van der Waals surface area contributed by atoms with Crippen LogP contribution in [0.1, 0.15) is 38.3 Å². The minimum atomic E-state index is -0.343. The lowest BCUT2D eigenvalue weighted by atomic mass is 9.86. The van der Waals surface area contributed by atoms with Crippen LogP contribution in [0.25, 0.3) is 0 Å². The van der Waals surface area contributed by atoms with E-state index in [2.05, 4.69) is 49.9 Å². The monoisotopic (exact) mass is 249 g/mol. The zero-order chi connectivity index (χ0) is 13.8. The average molecular weight is 249 g/mol. The highest BCUT2D eigenvalue weighted by Crippen LogP contribution is 2.23. The van der Waals surface area contributed by atoms with Crippen molar-refractivity contribution in [2.75, 3.05) is 14.1 Å². The van der Waals surface area contributed by atoms with Crippen molar-refractivity contribution in [1.29, 1.82) is 0 Å². The number of aryl methyl sites for hydroxylation is 1. The molecule has 2 unspecified atom stereocenters. The molecule has 1 rings (SSSR count). The lowest BCUT2D eigenvalue weighted by Gasteiger charge is -2.40. The molecule has 1 N–H and O–H groups in total. The van der Waals surface area contributed by atoms with Gasteiger partial charge in [0.15, 0.2) is 0 Å². The molecule has 0 saturated heterocycles. The van der Waals surface area contributed by atoms with Crippen molar-refractivity contribution < 1.29 is 5.11 Å². The summed E-state index contributed by atoms with van der Waals surface area (Å²) >= 11 is 0.